The van der Waals surface area contributed by atoms with Gasteiger partial charge in [0.1, 0.15) is 17.1 Å². The van der Waals surface area contributed by atoms with Gasteiger partial charge < -0.3 is 10.1 Å². The van der Waals surface area contributed by atoms with E-state index in [1.54, 1.807) is 7.11 Å². The Labute approximate surface area is 128 Å². The van der Waals surface area contributed by atoms with Crippen LogP contribution in [0.25, 0.3) is 10.9 Å². The van der Waals surface area contributed by atoms with E-state index in [4.69, 9.17) is 9.72 Å². The molecule has 0 aliphatic heterocycles. The zero-order chi connectivity index (χ0) is 14.5. The summed E-state index contributed by atoms with van der Waals surface area (Å²) in [7, 11) is 1.68. The summed E-state index contributed by atoms with van der Waals surface area (Å²) in [5.41, 5.74) is 2.17. The quantitative estimate of drug-likeness (QED) is 0.824. The van der Waals surface area contributed by atoms with Gasteiger partial charge in [-0.2, -0.15) is 0 Å². The molecular formula is C16H21BrN2O. The maximum absolute atomic E-state index is 5.43. The maximum Gasteiger partial charge on any atom is 0.145 e. The van der Waals surface area contributed by atoms with Gasteiger partial charge in [-0.05, 0) is 36.6 Å². The van der Waals surface area contributed by atoms with Gasteiger partial charge in [0.15, 0.2) is 0 Å². The topological polar surface area (TPSA) is 34.2 Å². The van der Waals surface area contributed by atoms with Gasteiger partial charge in [-0.15, -0.1) is 0 Å². The van der Waals surface area contributed by atoms with Crippen molar-refractivity contribution in [1.29, 1.82) is 0 Å². The van der Waals surface area contributed by atoms with Crippen LogP contribution >= 0.6 is 15.9 Å². The maximum atomic E-state index is 5.43. The van der Waals surface area contributed by atoms with Crippen molar-refractivity contribution in [2.75, 3.05) is 19.0 Å². The Hall–Kier alpha value is -1.29. The molecule has 0 aliphatic carbocycles. The molecule has 3 nitrogen and oxygen atoms in total. The number of aryl methyl sites for hydroxylation is 1. The Bertz CT molecular complexity index is 599. The summed E-state index contributed by atoms with van der Waals surface area (Å²) >= 11 is 3.61. The Morgan fingerprint density at radius 3 is 2.70 bits per heavy atom. The number of hydrogen-bond donors (Lipinski definition) is 1. The molecule has 1 N–H and O–H groups in total. The van der Waals surface area contributed by atoms with Crippen molar-refractivity contribution in [2.45, 2.75) is 33.1 Å². The summed E-state index contributed by atoms with van der Waals surface area (Å²) < 4.78 is 6.49. The van der Waals surface area contributed by atoms with E-state index < -0.39 is 0 Å². The van der Waals surface area contributed by atoms with Crippen LogP contribution in [0.3, 0.4) is 0 Å². The molecule has 20 heavy (non-hydrogen) atoms. The van der Waals surface area contributed by atoms with Crippen molar-refractivity contribution >= 4 is 32.7 Å². The minimum absolute atomic E-state index is 0.811. The van der Waals surface area contributed by atoms with E-state index in [2.05, 4.69) is 41.2 Å². The van der Waals surface area contributed by atoms with E-state index in [9.17, 15) is 0 Å². The molecule has 0 fully saturated rings. The minimum atomic E-state index is 0.811. The molecule has 1 aromatic heterocycles. The zero-order valence-corrected chi connectivity index (χ0v) is 13.9. The second-order valence-corrected chi connectivity index (χ2v) is 5.67. The number of anilines is 1. The predicted molar refractivity (Wildman–Crippen MR) is 88.8 cm³/mol. The molecule has 0 spiro atoms. The minimum Gasteiger partial charge on any atom is -0.494 e. The number of nitrogens with one attached hydrogen (secondary N) is 1. The average Bonchev–Trinajstić information content (AvgIpc) is 2.46. The molecule has 0 saturated carbocycles. The third-order valence-electron chi connectivity index (χ3n) is 3.25. The number of fused-ring (bicyclic) bond motifs is 1. The van der Waals surface area contributed by atoms with Crippen LogP contribution in [0.4, 0.5) is 5.82 Å². The van der Waals surface area contributed by atoms with E-state index in [-0.39, 0.29) is 0 Å². The smallest absolute Gasteiger partial charge is 0.145 e. The second kappa shape index (κ2) is 6.93. The standard InChI is InChI=1S/C16H21BrN2O/c1-4-6-11-10-12-13(17)7-8-14(20-3)15(12)19-16(11)18-9-5-2/h7-8,10H,4-6,9H2,1-3H3,(H,18,19). The number of methoxy groups -OCH3 is 1. The highest BCUT2D eigenvalue weighted by Crippen LogP contribution is 2.33. The molecule has 0 radical (unpaired) electrons. The lowest BCUT2D eigenvalue weighted by Crippen LogP contribution is -2.06. The number of rotatable bonds is 6. The average molecular weight is 337 g/mol. The number of hydrogen-bond acceptors (Lipinski definition) is 3. The molecule has 0 atom stereocenters. The fraction of sp³-hybridized carbons (Fsp3) is 0.438. The molecule has 108 valence electrons. The highest BCUT2D eigenvalue weighted by molar-refractivity contribution is 9.10. The van der Waals surface area contributed by atoms with Crippen LogP contribution in [-0.4, -0.2) is 18.6 Å². The van der Waals surface area contributed by atoms with E-state index in [1.807, 2.05) is 12.1 Å². The van der Waals surface area contributed by atoms with Gasteiger partial charge in [0.2, 0.25) is 0 Å². The molecule has 0 saturated heterocycles. The number of nitrogens with zero attached hydrogens (tertiary/aromatic N) is 1. The normalized spacial score (nSPS) is 10.8. The van der Waals surface area contributed by atoms with Crippen LogP contribution in [0.2, 0.25) is 0 Å². The Kier molecular flexibility index (Phi) is 5.24. The van der Waals surface area contributed by atoms with Crippen molar-refractivity contribution < 1.29 is 4.74 Å². The van der Waals surface area contributed by atoms with Crippen molar-refractivity contribution in [3.8, 4) is 5.75 Å². The van der Waals surface area contributed by atoms with Crippen LogP contribution in [0, 0.1) is 0 Å². The molecule has 1 heterocycles. The van der Waals surface area contributed by atoms with E-state index in [0.29, 0.717) is 0 Å². The first-order chi connectivity index (χ1) is 9.71. The van der Waals surface area contributed by atoms with Crippen LogP contribution < -0.4 is 10.1 Å². The fourth-order valence-corrected chi connectivity index (χ4v) is 2.70. The fourth-order valence-electron chi connectivity index (χ4n) is 2.26. The van der Waals surface area contributed by atoms with E-state index in [0.717, 1.165) is 52.8 Å². The summed E-state index contributed by atoms with van der Waals surface area (Å²) in [5.74, 6) is 1.79. The molecule has 0 unspecified atom stereocenters. The Morgan fingerprint density at radius 2 is 2.05 bits per heavy atom. The van der Waals surface area contributed by atoms with Crippen molar-refractivity contribution in [3.63, 3.8) is 0 Å². The Balaban J connectivity index is 2.60. The van der Waals surface area contributed by atoms with Crippen molar-refractivity contribution in [3.05, 3.63) is 28.2 Å². The van der Waals surface area contributed by atoms with Crippen LogP contribution in [0.1, 0.15) is 32.3 Å². The van der Waals surface area contributed by atoms with Crippen LogP contribution in [0.15, 0.2) is 22.7 Å². The predicted octanol–water partition coefficient (Wildman–Crippen LogP) is 4.78. The number of aromatic nitrogens is 1. The summed E-state index contributed by atoms with van der Waals surface area (Å²) in [6.07, 6.45) is 3.22. The monoisotopic (exact) mass is 336 g/mol. The highest BCUT2D eigenvalue weighted by Gasteiger charge is 2.12. The van der Waals surface area contributed by atoms with Crippen LogP contribution in [0.5, 0.6) is 5.75 Å². The van der Waals surface area contributed by atoms with Crippen molar-refractivity contribution in [2.24, 2.45) is 0 Å². The number of ether oxygens (including phenoxy) is 1. The molecule has 2 aromatic rings. The summed E-state index contributed by atoms with van der Waals surface area (Å²) in [5, 5.41) is 4.54. The molecule has 1 aromatic carbocycles. The Morgan fingerprint density at radius 1 is 1.25 bits per heavy atom. The first-order valence-electron chi connectivity index (χ1n) is 7.11. The number of halogens is 1. The summed E-state index contributed by atoms with van der Waals surface area (Å²) in [6, 6.07) is 6.18. The van der Waals surface area contributed by atoms with Gasteiger partial charge >= 0.3 is 0 Å². The van der Waals surface area contributed by atoms with Gasteiger partial charge in [0.25, 0.3) is 0 Å². The summed E-state index contributed by atoms with van der Waals surface area (Å²) in [6.45, 7) is 5.28. The van der Waals surface area contributed by atoms with Gasteiger partial charge in [-0.3, -0.25) is 0 Å². The third-order valence-corrected chi connectivity index (χ3v) is 3.95. The van der Waals surface area contributed by atoms with Crippen molar-refractivity contribution in [1.82, 2.24) is 4.98 Å². The SMILES string of the molecule is CCCNc1nc2c(OC)ccc(Br)c2cc1CCC. The van der Waals surface area contributed by atoms with E-state index >= 15 is 0 Å². The lowest BCUT2D eigenvalue weighted by Gasteiger charge is -2.14. The lowest BCUT2D eigenvalue weighted by atomic mass is 10.1. The van der Waals surface area contributed by atoms with Gasteiger partial charge in [-0.1, -0.05) is 36.2 Å². The molecule has 0 aliphatic rings. The molecular weight excluding hydrogens is 316 g/mol. The zero-order valence-electron chi connectivity index (χ0n) is 12.3. The van der Waals surface area contributed by atoms with Gasteiger partial charge in [0, 0.05) is 16.4 Å². The number of pyridine rings is 1. The highest BCUT2D eigenvalue weighted by atomic mass is 79.9. The molecule has 0 amide bonds. The molecule has 4 heteroatoms. The third kappa shape index (κ3) is 3.06. The molecule has 0 bridgehead atoms. The molecule has 2 rings (SSSR count). The largest absolute Gasteiger partial charge is 0.494 e. The van der Waals surface area contributed by atoms with Crippen LogP contribution in [-0.2, 0) is 6.42 Å². The second-order valence-electron chi connectivity index (χ2n) is 4.82. The van der Waals surface area contributed by atoms with E-state index in [1.165, 1.54) is 5.56 Å². The first kappa shape index (κ1) is 15.1. The summed E-state index contributed by atoms with van der Waals surface area (Å²) in [4.78, 5) is 4.80. The number of benzene rings is 1. The lowest BCUT2D eigenvalue weighted by molar-refractivity contribution is 0.419. The first-order valence-corrected chi connectivity index (χ1v) is 7.90. The van der Waals surface area contributed by atoms with Gasteiger partial charge in [-0.25, -0.2) is 4.98 Å². The van der Waals surface area contributed by atoms with Gasteiger partial charge in [0.05, 0.1) is 7.11 Å².